The quantitative estimate of drug-likeness (QED) is 0.0585. The van der Waals surface area contributed by atoms with Crippen LogP contribution in [0.2, 0.25) is 0 Å². The van der Waals surface area contributed by atoms with Gasteiger partial charge in [-0.2, -0.15) is 0 Å². The smallest absolute Gasteiger partial charge is 0.870 e. The fraction of sp³-hybridized carbons (Fsp3) is 1.00. The first kappa shape index (κ1) is 156. The molecule has 9 atom stereocenters. The average Bonchev–Trinajstić information content (AvgIpc) is 3.15. The van der Waals surface area contributed by atoms with Gasteiger partial charge in [0.05, 0.1) is 13.2 Å². The SMILES string of the molecule is O=S(=O)([O-])OC[C@H]1O[C@@](COS(=O)(=O)[O-])(O[C@H]2O[C@H](COS(=O)(=O)[O-])[C@@H](OS(=O)(=O)[O-])[C@H](OS(=O)(=O)[O-])[C@H]2OS(=O)(=O)[O-])[C@@H](OS(=O)(=O)[O-])[C@@H]1OS(=O)(=O)[O-].[Bi+3].[Bi+3].[Bi+3].[Bi+3].[Bi+3].[Bi+3].[Bi+3].[Bi+3].[OH-].[OH-].[OH-].[OH-].[OH-].[OH-].[OH-].[OH-].[OH-].[OH-].[OH-].[OH-].[OH-].[OH-].[OH-].[OH-]. The predicted octanol–water partition coefficient (Wildman–Crippen LogP) is -15.4. The average molecular weight is 2920 g/mol. The van der Waals surface area contributed by atoms with Crippen molar-refractivity contribution in [1.29, 1.82) is 0 Å². The molecule has 67 heteroatoms. The van der Waals surface area contributed by atoms with Crippen molar-refractivity contribution in [3.05, 3.63) is 0 Å². The number of rotatable bonds is 21. The van der Waals surface area contributed by atoms with Crippen molar-refractivity contribution in [1.82, 2.24) is 0 Å². The van der Waals surface area contributed by atoms with Gasteiger partial charge < -0.3 is 138 Å². The van der Waals surface area contributed by atoms with E-state index in [1.807, 2.05) is 0 Å². The van der Waals surface area contributed by atoms with E-state index in [-0.39, 0.29) is 297 Å². The molecule has 51 nitrogen and oxygen atoms in total. The third-order valence-electron chi connectivity index (χ3n) is 5.65. The zero-order chi connectivity index (χ0) is 43.0. The van der Waals surface area contributed by atoms with Gasteiger partial charge in [0.1, 0.15) is 37.1 Å². The van der Waals surface area contributed by atoms with Gasteiger partial charge in [-0.15, -0.1) is 0 Å². The third kappa shape index (κ3) is 63.2. The van der Waals surface area contributed by atoms with Crippen molar-refractivity contribution in [2.75, 3.05) is 19.8 Å². The van der Waals surface area contributed by atoms with Crippen LogP contribution in [0.3, 0.4) is 0 Å². The van der Waals surface area contributed by atoms with Gasteiger partial charge in [0.15, 0.2) is 18.5 Å². The Hall–Kier alpha value is 5.26. The molecule has 0 aromatic rings. The van der Waals surface area contributed by atoms with Gasteiger partial charge in [-0.05, 0) is 0 Å². The van der Waals surface area contributed by atoms with E-state index in [0.29, 0.717) is 0 Å². The molecule has 79 heavy (non-hydrogen) atoms. The van der Waals surface area contributed by atoms with Gasteiger partial charge in [-0.3, -0.25) is 33.5 Å². The summed E-state index contributed by atoms with van der Waals surface area (Å²) in [6.45, 7) is -6.74. The molecule has 16 N–H and O–H groups in total. The van der Waals surface area contributed by atoms with Crippen molar-refractivity contribution in [3.8, 4) is 0 Å². The monoisotopic (exact) mass is 2920 g/mol. The zero-order valence-electron chi connectivity index (χ0n) is 35.5. The van der Waals surface area contributed by atoms with Crippen molar-refractivity contribution >= 4 is 293 Å². The Balaban J connectivity index is -0.0000000622. The molecule has 2 heterocycles. The van der Waals surface area contributed by atoms with E-state index in [9.17, 15) is 104 Å². The molecule has 0 amide bonds. The van der Waals surface area contributed by atoms with E-state index >= 15 is 0 Å². The molecule has 2 fully saturated rings. The minimum atomic E-state index is -6.58. The molecule has 0 saturated carbocycles. The molecular formula is C12H30Bi8O51S8. The number of hydrogen-bond acceptors (Lipinski definition) is 51. The largest absolute Gasteiger partial charge is 3.00 e. The first-order valence-corrected chi connectivity index (χ1v) is 22.9. The summed E-state index contributed by atoms with van der Waals surface area (Å²) in [6, 6.07) is 0. The van der Waals surface area contributed by atoms with Gasteiger partial charge in [0.25, 0.3) is 0 Å². The molecule has 16 radical (unpaired) electrons. The molecule has 0 aromatic carbocycles. The molecule has 0 aliphatic carbocycles. The zero-order valence-corrected chi connectivity index (χ0v) is 69.9. The molecule has 2 rings (SSSR count). The standard InChI is InChI=1S/C12H22O35S8.8Bi.16H2O/c13-48(14,15)37-1-4-6(43-51(22,23)24)8(45-53(28,29)30)9(46-54(31,32)33)11(40-4)42-12(3-39-50(19,20)21)10(47-55(34,35)36)7(44-52(25,26)27)5(41-12)2-38-49(16,17)18;;;;;;;;;;;;;;;;;;;;;;;;/h4-11H,1-3H2,(H,13,14,15)(H,16,17,18)(H,19,20,21)(H,22,23,24)(H,25,26,27)(H,28,29,30)(H,31,32,33)(H,34,35,36);;;;;;;;;16*1H2/q;8*+3;;;;;;;;;;;;;;;;/p-24/t4-,5-,6-,7-,8+,9-,10+,11-,12+;;;;;;;;;;;;;;;;;;;;;;;;/m1......................../s1. The van der Waals surface area contributed by atoms with Gasteiger partial charge in [0, 0.05) is 0 Å². The van der Waals surface area contributed by atoms with Crippen LogP contribution in [0.15, 0.2) is 0 Å². The second-order valence-corrected chi connectivity index (χ2v) is 17.7. The fourth-order valence-electron chi connectivity index (χ4n) is 4.21. The molecule has 0 spiro atoms. The Labute approximate surface area is 597 Å². The van der Waals surface area contributed by atoms with E-state index in [4.69, 9.17) is 14.2 Å². The molecule has 2 saturated heterocycles. The Kier molecular flexibility index (Phi) is 117. The molecule has 2 aliphatic heterocycles. The minimum Gasteiger partial charge on any atom is -0.870 e. The second kappa shape index (κ2) is 59.6. The van der Waals surface area contributed by atoms with E-state index in [2.05, 4.69) is 33.5 Å². The van der Waals surface area contributed by atoms with Gasteiger partial charge in [-0.1, -0.05) is 0 Å². The summed E-state index contributed by atoms with van der Waals surface area (Å²) in [4.78, 5) is 0. The van der Waals surface area contributed by atoms with Crippen molar-refractivity contribution < 1.29 is 239 Å². The minimum absolute atomic E-state index is 0. The third-order valence-corrected chi connectivity index (χ3v) is 9.18. The summed E-state index contributed by atoms with van der Waals surface area (Å²) < 4.78 is 320. The van der Waals surface area contributed by atoms with Gasteiger partial charge in [-0.25, -0.2) is 67.3 Å². The maximum absolute atomic E-state index is 11.7. The molecule has 2 aliphatic rings. The van der Waals surface area contributed by atoms with Gasteiger partial charge >= 0.3 is 210 Å². The molecule has 0 aromatic heterocycles. The first-order chi connectivity index (χ1) is 24.2. The normalized spacial score (nSPS) is 21.4. The van der Waals surface area contributed by atoms with Crippen molar-refractivity contribution in [3.63, 3.8) is 0 Å². The summed E-state index contributed by atoms with van der Waals surface area (Å²) in [6.07, 6.45) is -27.5. The van der Waals surface area contributed by atoms with E-state index in [1.165, 1.54) is 0 Å². The van der Waals surface area contributed by atoms with Crippen LogP contribution in [0.25, 0.3) is 0 Å². The predicted molar refractivity (Wildman–Crippen MR) is 214 cm³/mol. The van der Waals surface area contributed by atoms with E-state index in [1.54, 1.807) is 0 Å². The maximum Gasteiger partial charge on any atom is 3.00 e. The van der Waals surface area contributed by atoms with Crippen LogP contribution in [-0.2, 0) is 131 Å². The van der Waals surface area contributed by atoms with Crippen LogP contribution < -0.4 is 0 Å². The van der Waals surface area contributed by atoms with Crippen LogP contribution >= 0.6 is 0 Å². The molecular weight excluding hydrogens is 2890 g/mol. The molecule has 0 unspecified atom stereocenters. The summed E-state index contributed by atoms with van der Waals surface area (Å²) in [5.41, 5.74) is 0. The Morgan fingerprint density at radius 3 is 0.848 bits per heavy atom. The Morgan fingerprint density at radius 1 is 0.316 bits per heavy atom. The Bertz CT molecular complexity index is 2320. The van der Waals surface area contributed by atoms with Gasteiger partial charge in [0.2, 0.25) is 89.0 Å². The molecule has 0 bridgehead atoms. The van der Waals surface area contributed by atoms with Crippen LogP contribution in [0.4, 0.5) is 0 Å². The summed E-state index contributed by atoms with van der Waals surface area (Å²) in [5.74, 6) is -4.31. The van der Waals surface area contributed by atoms with Crippen LogP contribution in [0, 0.1) is 0 Å². The van der Waals surface area contributed by atoms with Crippen LogP contribution in [0.5, 0.6) is 0 Å². The number of ether oxygens (including phenoxy) is 3. The summed E-state index contributed by atoms with van der Waals surface area (Å²) >= 11 is 0. The summed E-state index contributed by atoms with van der Waals surface area (Å²) in [7, 11) is -50.8. The van der Waals surface area contributed by atoms with E-state index in [0.717, 1.165) is 0 Å². The fourth-order valence-corrected chi connectivity index (χ4v) is 7.60. The van der Waals surface area contributed by atoms with Crippen LogP contribution in [0.1, 0.15) is 0 Å². The first-order valence-electron chi connectivity index (χ1n) is 12.2. The topological polar surface area (TPSA) is 1040 Å². The summed E-state index contributed by atoms with van der Waals surface area (Å²) in [5, 5.41) is 0. The van der Waals surface area contributed by atoms with E-state index < -0.39 is 158 Å². The number of hydrogen-bond donors (Lipinski definition) is 0. The van der Waals surface area contributed by atoms with Crippen LogP contribution in [-0.4, -0.2) is 476 Å². The van der Waals surface area contributed by atoms with Crippen molar-refractivity contribution in [2.24, 2.45) is 0 Å². The van der Waals surface area contributed by atoms with Crippen molar-refractivity contribution in [2.45, 2.75) is 54.8 Å². The maximum atomic E-state index is 11.7. The Morgan fingerprint density at radius 2 is 0.570 bits per heavy atom. The molecule has 472 valence electrons. The second-order valence-electron chi connectivity index (χ2n) is 9.49.